The van der Waals surface area contributed by atoms with E-state index in [2.05, 4.69) is 0 Å². The van der Waals surface area contributed by atoms with Crippen LogP contribution in [0.1, 0.15) is 0 Å². The predicted molar refractivity (Wildman–Crippen MR) is 54.7 cm³/mol. The molecule has 0 fully saturated rings. The van der Waals surface area contributed by atoms with Gasteiger partial charge in [0.05, 0.1) is 0 Å². The van der Waals surface area contributed by atoms with E-state index in [0.717, 1.165) is 12.1 Å². The highest BCUT2D eigenvalue weighted by molar-refractivity contribution is 5.85. The number of hydrogen-bond acceptors (Lipinski definition) is 3. The van der Waals surface area contributed by atoms with E-state index in [1.54, 1.807) is 0 Å². The maximum absolute atomic E-state index is 13.0. The van der Waals surface area contributed by atoms with E-state index in [0.29, 0.717) is 0 Å². The summed E-state index contributed by atoms with van der Waals surface area (Å²) in [7, 11) is 0. The van der Waals surface area contributed by atoms with Crippen molar-refractivity contribution in [3.05, 3.63) is 29.8 Å². The van der Waals surface area contributed by atoms with Crippen molar-refractivity contribution in [2.24, 2.45) is 5.73 Å². The number of rotatable bonds is 4. The molecule has 90 valence electrons. The first-order valence-electron chi connectivity index (χ1n) is 4.09. The minimum absolute atomic E-state index is 0. The number of carbonyl (C=O) groups is 1. The van der Waals surface area contributed by atoms with Gasteiger partial charge in [-0.15, -0.1) is 12.4 Å². The third-order valence-corrected chi connectivity index (χ3v) is 1.67. The largest absolute Gasteiger partial charge is 0.478 e. The van der Waals surface area contributed by atoms with Gasteiger partial charge in [0.1, 0.15) is 0 Å². The molecule has 0 heterocycles. The van der Waals surface area contributed by atoms with E-state index in [1.165, 1.54) is 6.07 Å². The van der Waals surface area contributed by atoms with Crippen molar-refractivity contribution in [2.45, 2.75) is 6.10 Å². The Morgan fingerprint density at radius 1 is 1.50 bits per heavy atom. The summed E-state index contributed by atoms with van der Waals surface area (Å²) in [5, 5.41) is 8.57. The lowest BCUT2D eigenvalue weighted by Crippen LogP contribution is -2.35. The summed E-state index contributed by atoms with van der Waals surface area (Å²) in [6.07, 6.45) is -1.39. The number of benzene rings is 1. The summed E-state index contributed by atoms with van der Waals surface area (Å²) in [5.41, 5.74) is 5.09. The summed E-state index contributed by atoms with van der Waals surface area (Å²) in [6.45, 7) is -0.328. The molecule has 3 N–H and O–H groups in total. The Labute approximate surface area is 96.4 Å². The smallest absolute Gasteiger partial charge is 0.346 e. The van der Waals surface area contributed by atoms with Gasteiger partial charge in [-0.25, -0.2) is 9.18 Å². The van der Waals surface area contributed by atoms with Crippen molar-refractivity contribution >= 4 is 18.4 Å². The fourth-order valence-corrected chi connectivity index (χ4v) is 0.928. The molecule has 0 aliphatic rings. The van der Waals surface area contributed by atoms with Crippen molar-refractivity contribution in [3.8, 4) is 5.75 Å². The van der Waals surface area contributed by atoms with Crippen LogP contribution in [0.25, 0.3) is 0 Å². The molecular formula is C9H10ClF2NO3. The van der Waals surface area contributed by atoms with Gasteiger partial charge in [-0.3, -0.25) is 0 Å². The van der Waals surface area contributed by atoms with Gasteiger partial charge in [-0.05, 0) is 12.1 Å². The molecule has 0 bridgehead atoms. The third kappa shape index (κ3) is 3.32. The number of hydrogen-bond donors (Lipinski definition) is 2. The Balaban J connectivity index is 0.00000225. The molecular weight excluding hydrogens is 244 g/mol. The normalized spacial score (nSPS) is 11.4. The number of aliphatic carboxylic acids is 1. The molecule has 1 aromatic rings. The number of nitrogens with two attached hydrogens (primary N) is 1. The average molecular weight is 254 g/mol. The molecule has 0 saturated carbocycles. The number of ether oxygens (including phenoxy) is 1. The van der Waals surface area contributed by atoms with E-state index < -0.39 is 29.5 Å². The van der Waals surface area contributed by atoms with Crippen LogP contribution in [-0.2, 0) is 4.79 Å². The van der Waals surface area contributed by atoms with Crippen LogP contribution >= 0.6 is 12.4 Å². The first kappa shape index (κ1) is 14.6. The molecule has 0 radical (unpaired) electrons. The lowest BCUT2D eigenvalue weighted by molar-refractivity contribution is -0.144. The molecule has 0 aromatic heterocycles. The monoisotopic (exact) mass is 253 g/mol. The van der Waals surface area contributed by atoms with Crippen LogP contribution in [0.2, 0.25) is 0 Å². The van der Waals surface area contributed by atoms with Crippen molar-refractivity contribution in [1.82, 2.24) is 0 Å². The molecule has 0 spiro atoms. The second-order valence-corrected chi connectivity index (χ2v) is 2.73. The molecule has 0 aliphatic heterocycles. The van der Waals surface area contributed by atoms with E-state index in [-0.39, 0.29) is 19.0 Å². The number of carboxylic acids is 1. The second kappa shape index (κ2) is 6.24. The Morgan fingerprint density at radius 3 is 2.62 bits per heavy atom. The van der Waals surface area contributed by atoms with Crippen LogP contribution in [0, 0.1) is 11.6 Å². The zero-order valence-corrected chi connectivity index (χ0v) is 8.84. The van der Waals surface area contributed by atoms with E-state index >= 15 is 0 Å². The van der Waals surface area contributed by atoms with Crippen LogP contribution in [0.15, 0.2) is 18.2 Å². The van der Waals surface area contributed by atoms with Crippen LogP contribution in [0.3, 0.4) is 0 Å². The zero-order valence-electron chi connectivity index (χ0n) is 8.02. The van der Waals surface area contributed by atoms with Crippen molar-refractivity contribution in [3.63, 3.8) is 0 Å². The molecule has 0 aliphatic carbocycles. The number of carboxylic acid groups (broad SMARTS) is 1. The molecule has 0 saturated heterocycles. The Bertz CT molecular complexity index is 376. The minimum atomic E-state index is -1.39. The van der Waals surface area contributed by atoms with E-state index in [1.807, 2.05) is 0 Å². The lowest BCUT2D eigenvalue weighted by atomic mass is 10.3. The van der Waals surface area contributed by atoms with Crippen molar-refractivity contribution in [2.75, 3.05) is 6.54 Å². The molecule has 1 rings (SSSR count). The molecule has 0 amide bonds. The summed E-state index contributed by atoms with van der Waals surface area (Å²) in [4.78, 5) is 10.5. The van der Waals surface area contributed by atoms with Crippen LogP contribution in [0.5, 0.6) is 5.75 Å². The minimum Gasteiger partial charge on any atom is -0.478 e. The van der Waals surface area contributed by atoms with Gasteiger partial charge in [0.25, 0.3) is 0 Å². The molecule has 4 nitrogen and oxygen atoms in total. The Morgan fingerprint density at radius 2 is 2.12 bits per heavy atom. The Hall–Kier alpha value is -1.40. The highest BCUT2D eigenvalue weighted by Crippen LogP contribution is 2.20. The van der Waals surface area contributed by atoms with Gasteiger partial charge in [0.2, 0.25) is 11.9 Å². The summed E-state index contributed by atoms with van der Waals surface area (Å²) in [6, 6.07) is 3.24. The van der Waals surface area contributed by atoms with Gasteiger partial charge in [0, 0.05) is 6.54 Å². The predicted octanol–water partition coefficient (Wildman–Crippen LogP) is 1.18. The third-order valence-electron chi connectivity index (χ3n) is 1.67. The maximum atomic E-state index is 13.0. The number of halogens is 3. The Kier molecular flexibility index (Phi) is 5.69. The first-order valence-corrected chi connectivity index (χ1v) is 4.09. The second-order valence-electron chi connectivity index (χ2n) is 2.73. The highest BCUT2D eigenvalue weighted by Gasteiger charge is 2.20. The maximum Gasteiger partial charge on any atom is 0.346 e. The zero-order chi connectivity index (χ0) is 11.4. The van der Waals surface area contributed by atoms with Gasteiger partial charge in [0.15, 0.2) is 11.6 Å². The molecule has 7 heteroatoms. The van der Waals surface area contributed by atoms with Gasteiger partial charge in [-0.1, -0.05) is 6.07 Å². The van der Waals surface area contributed by atoms with Crippen molar-refractivity contribution < 1.29 is 23.4 Å². The van der Waals surface area contributed by atoms with E-state index in [9.17, 15) is 13.6 Å². The molecule has 16 heavy (non-hydrogen) atoms. The van der Waals surface area contributed by atoms with Crippen LogP contribution in [0.4, 0.5) is 8.78 Å². The molecule has 1 aromatic carbocycles. The highest BCUT2D eigenvalue weighted by atomic mass is 35.5. The summed E-state index contributed by atoms with van der Waals surface area (Å²) >= 11 is 0. The van der Waals surface area contributed by atoms with E-state index in [4.69, 9.17) is 15.6 Å². The van der Waals surface area contributed by atoms with Gasteiger partial charge >= 0.3 is 5.97 Å². The summed E-state index contributed by atoms with van der Waals surface area (Å²) in [5.74, 6) is -4.13. The average Bonchev–Trinajstić information content (AvgIpc) is 2.19. The summed E-state index contributed by atoms with van der Waals surface area (Å²) < 4.78 is 30.4. The fourth-order valence-electron chi connectivity index (χ4n) is 0.928. The first-order chi connectivity index (χ1) is 7.06. The van der Waals surface area contributed by atoms with Crippen LogP contribution < -0.4 is 10.5 Å². The lowest BCUT2D eigenvalue weighted by Gasteiger charge is -2.13. The van der Waals surface area contributed by atoms with Gasteiger partial charge in [-0.2, -0.15) is 4.39 Å². The molecule has 1 atom stereocenters. The fraction of sp³-hybridized carbons (Fsp3) is 0.222. The molecule has 1 unspecified atom stereocenters. The van der Waals surface area contributed by atoms with Crippen molar-refractivity contribution in [1.29, 1.82) is 0 Å². The topological polar surface area (TPSA) is 72.5 Å². The quantitative estimate of drug-likeness (QED) is 0.845. The standard InChI is InChI=1S/C9H9F2NO3.ClH/c10-5-2-1-3-6(8(5)11)15-7(4-12)9(13)14;/h1-3,7H,4,12H2,(H,13,14);1H. The SMILES string of the molecule is Cl.NCC(Oc1cccc(F)c1F)C(=O)O. The van der Waals surface area contributed by atoms with Gasteiger partial charge < -0.3 is 15.6 Å². The van der Waals surface area contributed by atoms with Crippen LogP contribution in [-0.4, -0.2) is 23.7 Å².